The Balaban J connectivity index is 0.000000309. The predicted molar refractivity (Wildman–Crippen MR) is 79.8 cm³/mol. The van der Waals surface area contributed by atoms with Gasteiger partial charge in [-0.1, -0.05) is 0 Å². The largest absolute Gasteiger partial charge is 0.394 e. The molecule has 1 aliphatic heterocycles. The average molecular weight is 310 g/mol. The molecule has 2 aromatic rings. The van der Waals surface area contributed by atoms with Crippen LogP contribution in [0, 0.1) is 0 Å². The fourth-order valence-corrected chi connectivity index (χ4v) is 2.27. The van der Waals surface area contributed by atoms with E-state index in [1.54, 1.807) is 4.52 Å². The van der Waals surface area contributed by atoms with Crippen molar-refractivity contribution in [3.8, 4) is 0 Å². The van der Waals surface area contributed by atoms with Crippen molar-refractivity contribution in [2.24, 2.45) is 0 Å². The zero-order valence-electron chi connectivity index (χ0n) is 12.7. The lowest BCUT2D eigenvalue weighted by atomic mass is 10.1. The number of aliphatic hydroxyl groups is 3. The van der Waals surface area contributed by atoms with E-state index in [0.29, 0.717) is 5.82 Å². The first-order chi connectivity index (χ1) is 10.3. The Kier molecular flexibility index (Phi) is 4.97. The molecule has 3 rings (SSSR count). The molecule has 0 aromatic carbocycles. The van der Waals surface area contributed by atoms with Gasteiger partial charge in [0.2, 0.25) is 0 Å². The van der Waals surface area contributed by atoms with E-state index < -0.39 is 5.79 Å². The maximum atomic E-state index is 9.06. The van der Waals surface area contributed by atoms with E-state index >= 15 is 0 Å². The lowest BCUT2D eigenvalue weighted by Crippen LogP contribution is -2.15. The molecular formula is C14H22N4O4. The molecule has 0 spiro atoms. The van der Waals surface area contributed by atoms with Crippen molar-refractivity contribution in [2.75, 3.05) is 12.3 Å². The fourth-order valence-electron chi connectivity index (χ4n) is 2.27. The van der Waals surface area contributed by atoms with Crippen LogP contribution in [-0.2, 0) is 4.74 Å². The topological polar surface area (TPSA) is 126 Å². The highest BCUT2D eigenvalue weighted by Crippen LogP contribution is 2.33. The molecule has 0 saturated carbocycles. The Morgan fingerprint density at radius 1 is 1.36 bits per heavy atom. The van der Waals surface area contributed by atoms with E-state index in [4.69, 9.17) is 25.8 Å². The Bertz CT molecular complexity index is 617. The summed E-state index contributed by atoms with van der Waals surface area (Å²) in [5, 5.41) is 29.4. The molecule has 2 aromatic heterocycles. The van der Waals surface area contributed by atoms with E-state index in [0.717, 1.165) is 24.1 Å². The monoisotopic (exact) mass is 310 g/mol. The Morgan fingerprint density at radius 3 is 2.64 bits per heavy atom. The van der Waals surface area contributed by atoms with Gasteiger partial charge in [0.1, 0.15) is 17.9 Å². The third-order valence-corrected chi connectivity index (χ3v) is 3.15. The number of anilines is 1. The molecule has 1 fully saturated rings. The first-order valence-electron chi connectivity index (χ1n) is 7.08. The highest BCUT2D eigenvalue weighted by Gasteiger charge is 2.28. The molecule has 0 radical (unpaired) electrons. The number of aromatic nitrogens is 3. The summed E-state index contributed by atoms with van der Waals surface area (Å²) in [5.41, 5.74) is 7.52. The number of nitrogen functional groups attached to an aromatic ring is 1. The SMILES string of the molecule is CC(C)(O)O.Nc1ncnn2c(C3CCC(CO)O3)ccc12. The van der Waals surface area contributed by atoms with Crippen LogP contribution in [0.15, 0.2) is 18.5 Å². The van der Waals surface area contributed by atoms with Gasteiger partial charge in [-0.25, -0.2) is 9.50 Å². The molecule has 0 aliphatic carbocycles. The van der Waals surface area contributed by atoms with Crippen LogP contribution in [0.2, 0.25) is 0 Å². The molecule has 0 bridgehead atoms. The maximum absolute atomic E-state index is 9.06. The number of aliphatic hydroxyl groups excluding tert-OH is 1. The fraction of sp³-hybridized carbons (Fsp3) is 0.571. The van der Waals surface area contributed by atoms with Crippen LogP contribution in [0.25, 0.3) is 5.52 Å². The van der Waals surface area contributed by atoms with Gasteiger partial charge < -0.3 is 25.8 Å². The summed E-state index contributed by atoms with van der Waals surface area (Å²) < 4.78 is 7.49. The summed E-state index contributed by atoms with van der Waals surface area (Å²) in [6.45, 7) is 2.66. The average Bonchev–Trinajstić information content (AvgIpc) is 3.02. The Hall–Kier alpha value is -1.74. The summed E-state index contributed by atoms with van der Waals surface area (Å²) in [7, 11) is 0. The van der Waals surface area contributed by atoms with Gasteiger partial charge in [-0.15, -0.1) is 0 Å². The zero-order chi connectivity index (χ0) is 16.3. The third-order valence-electron chi connectivity index (χ3n) is 3.15. The second-order valence-corrected chi connectivity index (χ2v) is 5.70. The molecule has 1 saturated heterocycles. The van der Waals surface area contributed by atoms with E-state index in [1.807, 2.05) is 12.1 Å². The molecule has 5 N–H and O–H groups in total. The van der Waals surface area contributed by atoms with Crippen LogP contribution < -0.4 is 5.73 Å². The van der Waals surface area contributed by atoms with Crippen LogP contribution >= 0.6 is 0 Å². The highest BCUT2D eigenvalue weighted by molar-refractivity contribution is 5.65. The lowest BCUT2D eigenvalue weighted by molar-refractivity contribution is -0.127. The minimum atomic E-state index is -1.50. The van der Waals surface area contributed by atoms with Crippen molar-refractivity contribution in [2.45, 2.75) is 44.7 Å². The van der Waals surface area contributed by atoms with E-state index in [2.05, 4.69) is 10.1 Å². The van der Waals surface area contributed by atoms with Gasteiger partial charge in [0.05, 0.1) is 18.4 Å². The number of fused-ring (bicyclic) bond motifs is 1. The predicted octanol–water partition coefficient (Wildman–Crippen LogP) is 0.231. The smallest absolute Gasteiger partial charge is 0.156 e. The van der Waals surface area contributed by atoms with Gasteiger partial charge in [-0.2, -0.15) is 5.10 Å². The van der Waals surface area contributed by atoms with Crippen molar-refractivity contribution >= 4 is 11.3 Å². The number of ether oxygens (including phenoxy) is 1. The third kappa shape index (κ3) is 4.14. The van der Waals surface area contributed by atoms with Crippen LogP contribution in [0.1, 0.15) is 38.5 Å². The Morgan fingerprint density at radius 2 is 2.05 bits per heavy atom. The molecule has 8 heteroatoms. The molecular weight excluding hydrogens is 288 g/mol. The second kappa shape index (κ2) is 6.57. The number of nitrogens with two attached hydrogens (primary N) is 1. The molecule has 0 amide bonds. The quantitative estimate of drug-likeness (QED) is 0.585. The summed E-state index contributed by atoms with van der Waals surface area (Å²) >= 11 is 0. The summed E-state index contributed by atoms with van der Waals surface area (Å²) in [6, 6.07) is 3.84. The van der Waals surface area contributed by atoms with Gasteiger partial charge in [-0.05, 0) is 38.8 Å². The summed E-state index contributed by atoms with van der Waals surface area (Å²) in [4.78, 5) is 3.94. The zero-order valence-corrected chi connectivity index (χ0v) is 12.7. The van der Waals surface area contributed by atoms with Gasteiger partial charge >= 0.3 is 0 Å². The van der Waals surface area contributed by atoms with E-state index in [9.17, 15) is 0 Å². The van der Waals surface area contributed by atoms with Crippen molar-refractivity contribution in [3.05, 3.63) is 24.2 Å². The van der Waals surface area contributed by atoms with Crippen LogP contribution in [0.5, 0.6) is 0 Å². The van der Waals surface area contributed by atoms with Crippen LogP contribution in [0.4, 0.5) is 5.82 Å². The number of nitrogens with zero attached hydrogens (tertiary/aromatic N) is 3. The molecule has 22 heavy (non-hydrogen) atoms. The standard InChI is InChI=1S/C11H14N4O2.C3H8O2/c12-11-9-3-2-8(15(9)14-6-13-11)10-4-1-7(5-16)17-10;1-3(2,4)5/h2-3,6-7,10,16H,1,4-5H2,(H2,12,13,14);4-5H,1-2H3. The van der Waals surface area contributed by atoms with E-state index in [-0.39, 0.29) is 18.8 Å². The number of rotatable bonds is 2. The summed E-state index contributed by atoms with van der Waals surface area (Å²) in [5.74, 6) is -1.04. The van der Waals surface area contributed by atoms with Gasteiger partial charge in [0.15, 0.2) is 11.6 Å². The van der Waals surface area contributed by atoms with Gasteiger partial charge in [-0.3, -0.25) is 0 Å². The van der Waals surface area contributed by atoms with Crippen LogP contribution in [0.3, 0.4) is 0 Å². The molecule has 3 heterocycles. The lowest BCUT2D eigenvalue weighted by Gasteiger charge is -2.11. The van der Waals surface area contributed by atoms with Gasteiger partial charge in [0.25, 0.3) is 0 Å². The second-order valence-electron chi connectivity index (χ2n) is 5.70. The van der Waals surface area contributed by atoms with Crippen molar-refractivity contribution in [1.82, 2.24) is 14.6 Å². The number of hydrogen-bond donors (Lipinski definition) is 4. The molecule has 2 atom stereocenters. The van der Waals surface area contributed by atoms with Crippen LogP contribution in [-0.4, -0.2) is 48.4 Å². The molecule has 2 unspecified atom stereocenters. The molecule has 122 valence electrons. The Labute approximate surface area is 128 Å². The first-order valence-corrected chi connectivity index (χ1v) is 7.08. The highest BCUT2D eigenvalue weighted by atomic mass is 16.5. The first kappa shape index (κ1) is 16.6. The van der Waals surface area contributed by atoms with Gasteiger partial charge in [0, 0.05) is 0 Å². The van der Waals surface area contributed by atoms with Crippen molar-refractivity contribution < 1.29 is 20.1 Å². The van der Waals surface area contributed by atoms with Crippen molar-refractivity contribution in [3.63, 3.8) is 0 Å². The van der Waals surface area contributed by atoms with Crippen molar-refractivity contribution in [1.29, 1.82) is 0 Å². The number of hydrogen-bond acceptors (Lipinski definition) is 7. The summed E-state index contributed by atoms with van der Waals surface area (Å²) in [6.07, 6.45) is 3.11. The minimum Gasteiger partial charge on any atom is -0.394 e. The maximum Gasteiger partial charge on any atom is 0.156 e. The molecule has 1 aliphatic rings. The van der Waals surface area contributed by atoms with E-state index in [1.165, 1.54) is 20.2 Å². The minimum absolute atomic E-state index is 0.0241. The normalized spacial score (nSPS) is 21.7. The molecule has 8 nitrogen and oxygen atoms in total.